The van der Waals surface area contributed by atoms with E-state index >= 15 is 0 Å². The van der Waals surface area contributed by atoms with E-state index in [0.29, 0.717) is 10.7 Å². The van der Waals surface area contributed by atoms with E-state index < -0.39 is 4.92 Å². The number of amides is 1. The fourth-order valence-corrected chi connectivity index (χ4v) is 3.96. The summed E-state index contributed by atoms with van der Waals surface area (Å²) < 4.78 is 0. The van der Waals surface area contributed by atoms with Crippen molar-refractivity contribution in [3.8, 4) is 0 Å². The molecule has 0 radical (unpaired) electrons. The van der Waals surface area contributed by atoms with E-state index in [9.17, 15) is 14.9 Å². The highest BCUT2D eigenvalue weighted by molar-refractivity contribution is 7.15. The van der Waals surface area contributed by atoms with Gasteiger partial charge in [0.2, 0.25) is 0 Å². The normalized spacial score (nSPS) is 15.8. The van der Waals surface area contributed by atoms with Crippen LogP contribution in [0.25, 0.3) is 0 Å². The third-order valence-electron chi connectivity index (χ3n) is 4.70. The number of hydrogen-bond acceptors (Lipinski definition) is 6. The zero-order valence-corrected chi connectivity index (χ0v) is 15.7. The van der Waals surface area contributed by atoms with Gasteiger partial charge in [-0.2, -0.15) is 0 Å². The summed E-state index contributed by atoms with van der Waals surface area (Å²) >= 11 is 1.49. The van der Waals surface area contributed by atoms with Crippen LogP contribution in [0.3, 0.4) is 0 Å². The first kappa shape index (κ1) is 18.5. The number of anilines is 1. The molecule has 2 aromatic rings. The number of aryl methyl sites for hydroxylation is 1. The van der Waals surface area contributed by atoms with Crippen LogP contribution >= 0.6 is 11.3 Å². The largest absolute Gasteiger partial charge is 0.298 e. The Hall–Kier alpha value is -2.32. The number of carbonyl (C=O) groups excluding carboxylic acids is 1. The molecule has 1 aliphatic rings. The molecule has 1 saturated heterocycles. The van der Waals surface area contributed by atoms with Crippen LogP contribution < -0.4 is 5.32 Å². The summed E-state index contributed by atoms with van der Waals surface area (Å²) in [5.41, 5.74) is 1.27. The van der Waals surface area contributed by atoms with E-state index in [1.807, 2.05) is 6.92 Å². The lowest BCUT2D eigenvalue weighted by atomic mass is 9.99. The number of hydrogen-bond donors (Lipinski definition) is 1. The van der Waals surface area contributed by atoms with Crippen LogP contribution in [-0.2, 0) is 6.54 Å². The molecular formula is C18H22N4O3S. The lowest BCUT2D eigenvalue weighted by Crippen LogP contribution is -2.32. The smallest absolute Gasteiger partial charge is 0.269 e. The molecule has 1 amide bonds. The molecule has 1 aromatic heterocycles. The van der Waals surface area contributed by atoms with Crippen LogP contribution in [0.4, 0.5) is 10.8 Å². The zero-order chi connectivity index (χ0) is 18.7. The van der Waals surface area contributed by atoms with Crippen molar-refractivity contribution in [2.24, 2.45) is 5.92 Å². The minimum atomic E-state index is -0.487. The van der Waals surface area contributed by atoms with E-state index in [1.54, 1.807) is 0 Å². The van der Waals surface area contributed by atoms with Gasteiger partial charge in [-0.1, -0.05) is 6.92 Å². The third-order valence-corrected chi connectivity index (χ3v) is 5.75. The number of likely N-dealkylation sites (tertiary alicyclic amines) is 1. The number of piperidine rings is 1. The minimum Gasteiger partial charge on any atom is -0.298 e. The first-order valence-electron chi connectivity index (χ1n) is 8.67. The van der Waals surface area contributed by atoms with Gasteiger partial charge in [0.25, 0.3) is 11.6 Å². The molecule has 7 nitrogen and oxygen atoms in total. The van der Waals surface area contributed by atoms with Gasteiger partial charge in [0, 0.05) is 29.1 Å². The summed E-state index contributed by atoms with van der Waals surface area (Å²) in [5, 5.41) is 14.0. The van der Waals surface area contributed by atoms with Crippen molar-refractivity contribution in [2.45, 2.75) is 33.2 Å². The molecule has 8 heteroatoms. The van der Waals surface area contributed by atoms with Gasteiger partial charge >= 0.3 is 0 Å². The van der Waals surface area contributed by atoms with E-state index in [2.05, 4.69) is 22.1 Å². The molecule has 0 unspecified atom stereocenters. The summed E-state index contributed by atoms with van der Waals surface area (Å²) in [4.78, 5) is 30.6. The minimum absolute atomic E-state index is 0.0372. The average molecular weight is 374 g/mol. The highest BCUT2D eigenvalue weighted by Crippen LogP contribution is 2.26. The fourth-order valence-electron chi connectivity index (χ4n) is 2.96. The Kier molecular flexibility index (Phi) is 5.63. The number of nitrogens with zero attached hydrogens (tertiary/aromatic N) is 3. The molecule has 26 heavy (non-hydrogen) atoms. The predicted octanol–water partition coefficient (Wildman–Crippen LogP) is 3.84. The van der Waals surface area contributed by atoms with Gasteiger partial charge in [0.15, 0.2) is 5.13 Å². The summed E-state index contributed by atoms with van der Waals surface area (Å²) in [6.07, 6.45) is 2.45. The maximum Gasteiger partial charge on any atom is 0.269 e. The maximum absolute atomic E-state index is 12.3. The molecule has 0 atom stereocenters. The first-order valence-corrected chi connectivity index (χ1v) is 9.48. The Morgan fingerprint density at radius 3 is 2.62 bits per heavy atom. The second kappa shape index (κ2) is 7.92. The van der Waals surface area contributed by atoms with Crippen LogP contribution in [-0.4, -0.2) is 33.8 Å². The number of benzene rings is 1. The van der Waals surface area contributed by atoms with Crippen molar-refractivity contribution in [1.29, 1.82) is 0 Å². The molecule has 0 bridgehead atoms. The molecule has 3 rings (SSSR count). The number of aromatic nitrogens is 1. The summed E-state index contributed by atoms with van der Waals surface area (Å²) in [6.45, 7) is 7.32. The van der Waals surface area contributed by atoms with Crippen molar-refractivity contribution in [1.82, 2.24) is 9.88 Å². The van der Waals surface area contributed by atoms with Gasteiger partial charge in [-0.05, 0) is 50.9 Å². The molecule has 1 aromatic carbocycles. The lowest BCUT2D eigenvalue weighted by molar-refractivity contribution is -0.384. The fraction of sp³-hybridized carbons (Fsp3) is 0.444. The van der Waals surface area contributed by atoms with E-state index in [0.717, 1.165) is 31.2 Å². The van der Waals surface area contributed by atoms with Gasteiger partial charge in [-0.3, -0.25) is 25.1 Å². The molecule has 0 aliphatic carbocycles. The topological polar surface area (TPSA) is 88.4 Å². The molecule has 0 saturated carbocycles. The Labute approximate surface area is 156 Å². The summed E-state index contributed by atoms with van der Waals surface area (Å²) in [7, 11) is 0. The zero-order valence-electron chi connectivity index (χ0n) is 14.9. The number of nitrogens with one attached hydrogen (secondary N) is 1. The van der Waals surface area contributed by atoms with E-state index in [1.165, 1.54) is 53.3 Å². The highest BCUT2D eigenvalue weighted by Gasteiger charge is 2.19. The maximum atomic E-state index is 12.3. The summed E-state index contributed by atoms with van der Waals surface area (Å²) in [5.74, 6) is 0.484. The van der Waals surface area contributed by atoms with E-state index in [-0.39, 0.29) is 11.6 Å². The molecule has 1 N–H and O–H groups in total. The lowest BCUT2D eigenvalue weighted by Gasteiger charge is -2.29. The van der Waals surface area contributed by atoms with Gasteiger partial charge in [0.05, 0.1) is 10.6 Å². The molecule has 0 spiro atoms. The van der Waals surface area contributed by atoms with Crippen LogP contribution in [0.5, 0.6) is 0 Å². The Bertz CT molecular complexity index is 795. The monoisotopic (exact) mass is 374 g/mol. The van der Waals surface area contributed by atoms with Gasteiger partial charge in [-0.25, -0.2) is 4.98 Å². The van der Waals surface area contributed by atoms with Crippen molar-refractivity contribution in [2.75, 3.05) is 18.4 Å². The van der Waals surface area contributed by atoms with Crippen LogP contribution in [0, 0.1) is 23.0 Å². The van der Waals surface area contributed by atoms with Gasteiger partial charge in [0.1, 0.15) is 0 Å². The third kappa shape index (κ3) is 4.44. The molecule has 1 fully saturated rings. The highest BCUT2D eigenvalue weighted by atomic mass is 32.1. The Morgan fingerprint density at radius 2 is 2.00 bits per heavy atom. The Balaban J connectivity index is 1.63. The standard InChI is InChI=1S/C18H22N4O3S/c1-12-7-9-21(10-8-12)11-16-13(2)19-18(26-16)20-17(23)14-3-5-15(6-4-14)22(24)25/h3-6,12H,7-11H2,1-2H3,(H,19,20,23). The molecule has 1 aliphatic heterocycles. The number of nitro groups is 1. The first-order chi connectivity index (χ1) is 12.4. The van der Waals surface area contributed by atoms with Gasteiger partial charge in [-0.15, -0.1) is 11.3 Å². The predicted molar refractivity (Wildman–Crippen MR) is 102 cm³/mol. The second-order valence-electron chi connectivity index (χ2n) is 6.74. The second-order valence-corrected chi connectivity index (χ2v) is 7.83. The van der Waals surface area contributed by atoms with Gasteiger partial charge < -0.3 is 0 Å². The van der Waals surface area contributed by atoms with Crippen molar-refractivity contribution in [3.05, 3.63) is 50.5 Å². The number of rotatable bonds is 5. The quantitative estimate of drug-likeness (QED) is 0.634. The van der Waals surface area contributed by atoms with Crippen molar-refractivity contribution >= 4 is 28.1 Å². The summed E-state index contributed by atoms with van der Waals surface area (Å²) in [6, 6.07) is 5.54. The average Bonchev–Trinajstić information content (AvgIpc) is 2.96. The number of carbonyl (C=O) groups is 1. The number of thiazole rings is 1. The van der Waals surface area contributed by atoms with Crippen LogP contribution in [0.15, 0.2) is 24.3 Å². The number of nitro benzene ring substituents is 1. The SMILES string of the molecule is Cc1nc(NC(=O)c2ccc([N+](=O)[O-])cc2)sc1CN1CCC(C)CC1. The molecular weight excluding hydrogens is 352 g/mol. The number of non-ortho nitro benzene ring substituents is 1. The Morgan fingerprint density at radius 1 is 1.35 bits per heavy atom. The molecule has 2 heterocycles. The van der Waals surface area contributed by atoms with Crippen molar-refractivity contribution in [3.63, 3.8) is 0 Å². The van der Waals surface area contributed by atoms with Crippen LogP contribution in [0.1, 0.15) is 40.7 Å². The van der Waals surface area contributed by atoms with E-state index in [4.69, 9.17) is 0 Å². The van der Waals surface area contributed by atoms with Crippen LogP contribution in [0.2, 0.25) is 0 Å². The molecule has 138 valence electrons. The van der Waals surface area contributed by atoms with Crippen molar-refractivity contribution < 1.29 is 9.72 Å².